The summed E-state index contributed by atoms with van der Waals surface area (Å²) in [6, 6.07) is 8.48. The van der Waals surface area contributed by atoms with E-state index in [9.17, 15) is 4.79 Å². The molecule has 140 valence electrons. The molecule has 0 bridgehead atoms. The van der Waals surface area contributed by atoms with Gasteiger partial charge in [0, 0.05) is 6.42 Å². The number of esters is 1. The third-order valence-corrected chi connectivity index (χ3v) is 3.73. The Bertz CT molecular complexity index is 541. The van der Waals surface area contributed by atoms with Crippen molar-refractivity contribution >= 4 is 5.97 Å². The summed E-state index contributed by atoms with van der Waals surface area (Å²) in [5, 5.41) is 0. The van der Waals surface area contributed by atoms with Gasteiger partial charge >= 0.3 is 5.97 Å². The van der Waals surface area contributed by atoms with Crippen molar-refractivity contribution in [3.63, 3.8) is 0 Å². The second-order valence-corrected chi connectivity index (χ2v) is 7.48. The van der Waals surface area contributed by atoms with E-state index in [4.69, 9.17) is 0 Å². The summed E-state index contributed by atoms with van der Waals surface area (Å²) >= 11 is 0. The molecule has 0 amide bonds. The fraction of sp³-hybridized carbons (Fsp3) is 0.522. The minimum Gasteiger partial charge on any atom is -0.466 e. The molecule has 0 saturated heterocycles. The molecule has 2 rings (SSSR count). The van der Waals surface area contributed by atoms with Crippen molar-refractivity contribution in [3.8, 4) is 0 Å². The monoisotopic (exact) mass is 344 g/mol. The van der Waals surface area contributed by atoms with Gasteiger partial charge in [0.2, 0.25) is 0 Å². The molecule has 1 aliphatic carbocycles. The number of rotatable bonds is 2. The summed E-state index contributed by atoms with van der Waals surface area (Å²) in [7, 11) is 0. The number of hydrogen-bond acceptors (Lipinski definition) is 2. The summed E-state index contributed by atoms with van der Waals surface area (Å²) in [5.41, 5.74) is 5.87. The van der Waals surface area contributed by atoms with Gasteiger partial charge in [-0.2, -0.15) is 0 Å². The highest BCUT2D eigenvalue weighted by Gasteiger charge is 2.22. The summed E-state index contributed by atoms with van der Waals surface area (Å²) in [4.78, 5) is 10.2. The molecule has 1 aliphatic rings. The number of carbonyl (C=O) groups is 1. The zero-order valence-corrected chi connectivity index (χ0v) is 17.2. The van der Waals surface area contributed by atoms with E-state index in [1.807, 2.05) is 0 Å². The van der Waals surface area contributed by atoms with E-state index < -0.39 is 0 Å². The van der Waals surface area contributed by atoms with E-state index in [1.54, 1.807) is 13.8 Å². The molecule has 1 aromatic rings. The second kappa shape index (κ2) is 11.7. The number of hydrogen-bond donors (Lipinski definition) is 0. The van der Waals surface area contributed by atoms with Crippen molar-refractivity contribution < 1.29 is 9.53 Å². The number of ether oxygens (including phenoxy) is 1. The topological polar surface area (TPSA) is 26.3 Å². The molecule has 0 heterocycles. The minimum atomic E-state index is -0.123. The third kappa shape index (κ3) is 12.2. The van der Waals surface area contributed by atoms with Crippen LogP contribution in [0.4, 0.5) is 0 Å². The van der Waals surface area contributed by atoms with Crippen molar-refractivity contribution in [3.05, 3.63) is 59.2 Å². The lowest BCUT2D eigenvalue weighted by atomic mass is 9.76. The molecule has 0 atom stereocenters. The molecule has 2 nitrogen and oxygen atoms in total. The van der Waals surface area contributed by atoms with Crippen LogP contribution in [0.3, 0.4) is 0 Å². The molecule has 1 aromatic carbocycles. The van der Waals surface area contributed by atoms with Gasteiger partial charge in [0.1, 0.15) is 0 Å². The van der Waals surface area contributed by atoms with Crippen LogP contribution in [-0.4, -0.2) is 12.6 Å². The van der Waals surface area contributed by atoms with Crippen LogP contribution >= 0.6 is 0 Å². The molecule has 0 spiro atoms. The van der Waals surface area contributed by atoms with E-state index in [-0.39, 0.29) is 5.97 Å². The SMILES string of the molecule is C=C1C=C(C)CC(C)(C)C1.CCOC(=O)CC.Cc1ccc(C)cc1. The first-order valence-corrected chi connectivity index (χ1v) is 9.13. The van der Waals surface area contributed by atoms with Gasteiger partial charge in [-0.1, -0.05) is 80.0 Å². The van der Waals surface area contributed by atoms with Gasteiger partial charge < -0.3 is 4.74 Å². The largest absolute Gasteiger partial charge is 0.466 e. The maximum Gasteiger partial charge on any atom is 0.305 e. The van der Waals surface area contributed by atoms with Gasteiger partial charge in [-0.15, -0.1) is 0 Å². The van der Waals surface area contributed by atoms with Crippen molar-refractivity contribution in [1.82, 2.24) is 0 Å². The molecule has 0 fully saturated rings. The Kier molecular flexibility index (Phi) is 10.8. The fourth-order valence-electron chi connectivity index (χ4n) is 2.78. The summed E-state index contributed by atoms with van der Waals surface area (Å²) in [6.07, 6.45) is 5.08. The Morgan fingerprint density at radius 3 is 1.80 bits per heavy atom. The standard InChI is InChI=1S/C10H16.C8H10.C5H10O2/c1-8-5-9(2)7-10(3,4)6-8;1-7-3-5-8(2)6-4-7;1-3-5(6)7-4-2/h5H,1,6-7H2,2-4H3;3-6H,1-2H3;3-4H2,1-2H3. The highest BCUT2D eigenvalue weighted by atomic mass is 16.5. The molecule has 0 radical (unpaired) electrons. The summed E-state index contributed by atoms with van der Waals surface area (Å²) in [5.74, 6) is -0.123. The zero-order valence-electron chi connectivity index (χ0n) is 17.2. The first-order valence-electron chi connectivity index (χ1n) is 9.13. The van der Waals surface area contributed by atoms with Gasteiger partial charge in [-0.05, 0) is 46.0 Å². The van der Waals surface area contributed by atoms with Gasteiger partial charge in [0.15, 0.2) is 0 Å². The Morgan fingerprint density at radius 2 is 1.52 bits per heavy atom. The summed E-state index contributed by atoms with van der Waals surface area (Å²) < 4.78 is 4.55. The van der Waals surface area contributed by atoms with Crippen molar-refractivity contribution in [2.45, 2.75) is 67.7 Å². The Morgan fingerprint density at radius 1 is 1.04 bits per heavy atom. The molecule has 0 unspecified atom stereocenters. The number of allylic oxidation sites excluding steroid dienone is 3. The van der Waals surface area contributed by atoms with Crippen LogP contribution in [-0.2, 0) is 9.53 Å². The maximum absolute atomic E-state index is 10.2. The molecule has 0 aliphatic heterocycles. The van der Waals surface area contributed by atoms with Gasteiger partial charge in [-0.25, -0.2) is 0 Å². The maximum atomic E-state index is 10.2. The predicted molar refractivity (Wildman–Crippen MR) is 109 cm³/mol. The predicted octanol–water partition coefficient (Wildman–Crippen LogP) is 6.57. The Labute approximate surface area is 155 Å². The highest BCUT2D eigenvalue weighted by Crippen LogP contribution is 2.36. The van der Waals surface area contributed by atoms with Crippen LogP contribution < -0.4 is 0 Å². The molecule has 0 saturated carbocycles. The van der Waals surface area contributed by atoms with Gasteiger partial charge in [0.05, 0.1) is 6.61 Å². The minimum absolute atomic E-state index is 0.123. The quantitative estimate of drug-likeness (QED) is 0.567. The van der Waals surface area contributed by atoms with Gasteiger partial charge in [0.25, 0.3) is 0 Å². The third-order valence-electron chi connectivity index (χ3n) is 3.73. The van der Waals surface area contributed by atoms with Crippen LogP contribution in [0.1, 0.15) is 65.0 Å². The van der Waals surface area contributed by atoms with Crippen molar-refractivity contribution in [1.29, 1.82) is 0 Å². The normalized spacial score (nSPS) is 15.0. The molecular formula is C23H36O2. The fourth-order valence-corrected chi connectivity index (χ4v) is 2.78. The van der Waals surface area contributed by atoms with Crippen LogP contribution in [0.5, 0.6) is 0 Å². The number of aryl methyl sites for hydroxylation is 2. The molecule has 2 heteroatoms. The summed E-state index contributed by atoms with van der Waals surface area (Å²) in [6.45, 7) is 19.0. The molecule has 0 N–H and O–H groups in total. The second-order valence-electron chi connectivity index (χ2n) is 7.48. The van der Waals surface area contributed by atoms with Crippen LogP contribution in [0.15, 0.2) is 48.1 Å². The average Bonchev–Trinajstić information content (AvgIpc) is 2.49. The first-order chi connectivity index (χ1) is 11.6. The number of carbonyl (C=O) groups excluding carboxylic acids is 1. The molecular weight excluding hydrogens is 308 g/mol. The van der Waals surface area contributed by atoms with E-state index in [0.717, 1.165) is 6.42 Å². The zero-order chi connectivity index (χ0) is 19.5. The lowest BCUT2D eigenvalue weighted by Gasteiger charge is -2.29. The van der Waals surface area contributed by atoms with E-state index in [0.29, 0.717) is 18.4 Å². The van der Waals surface area contributed by atoms with E-state index >= 15 is 0 Å². The molecule has 0 aromatic heterocycles. The van der Waals surface area contributed by atoms with Gasteiger partial charge in [-0.3, -0.25) is 4.79 Å². The van der Waals surface area contributed by atoms with E-state index in [2.05, 4.69) is 76.3 Å². The van der Waals surface area contributed by atoms with Crippen LogP contribution in [0.25, 0.3) is 0 Å². The first kappa shape index (κ1) is 23.2. The van der Waals surface area contributed by atoms with E-state index in [1.165, 1.54) is 28.7 Å². The Hall–Kier alpha value is -1.83. The lowest BCUT2D eigenvalue weighted by Crippen LogP contribution is -2.15. The smallest absolute Gasteiger partial charge is 0.305 e. The van der Waals surface area contributed by atoms with Crippen molar-refractivity contribution in [2.75, 3.05) is 6.61 Å². The molecule has 25 heavy (non-hydrogen) atoms. The van der Waals surface area contributed by atoms with Crippen LogP contribution in [0, 0.1) is 19.3 Å². The van der Waals surface area contributed by atoms with Crippen LogP contribution in [0.2, 0.25) is 0 Å². The number of benzene rings is 1. The average molecular weight is 345 g/mol. The Balaban J connectivity index is 0.000000353. The highest BCUT2D eigenvalue weighted by molar-refractivity contribution is 5.68. The van der Waals surface area contributed by atoms with Crippen molar-refractivity contribution in [2.24, 2.45) is 5.41 Å². The lowest BCUT2D eigenvalue weighted by molar-refractivity contribution is -0.142.